The number of nitrogens with zero attached hydrogens (tertiary/aromatic N) is 1. The highest BCUT2D eigenvalue weighted by Gasteiger charge is 2.21. The summed E-state index contributed by atoms with van der Waals surface area (Å²) in [5, 5.41) is 9.64. The first kappa shape index (κ1) is 12.1. The topological polar surface area (TPSA) is 40.5 Å². The van der Waals surface area contributed by atoms with E-state index in [0.717, 1.165) is 0 Å². The summed E-state index contributed by atoms with van der Waals surface area (Å²) >= 11 is 11.8. The lowest BCUT2D eigenvalue weighted by molar-refractivity contribution is 0.200. The molecule has 1 rings (SSSR count). The molecule has 82 valence electrons. The van der Waals surface area contributed by atoms with E-state index in [-0.39, 0.29) is 11.1 Å². The van der Waals surface area contributed by atoms with Crippen LogP contribution < -0.4 is 4.90 Å². The molecule has 0 radical (unpaired) electrons. The Morgan fingerprint density at radius 2 is 2.00 bits per heavy atom. The van der Waals surface area contributed by atoms with Crippen molar-refractivity contribution >= 4 is 35.0 Å². The van der Waals surface area contributed by atoms with Crippen molar-refractivity contribution in [2.45, 2.75) is 19.9 Å². The van der Waals surface area contributed by atoms with Gasteiger partial charge in [-0.2, -0.15) is 0 Å². The van der Waals surface area contributed by atoms with Gasteiger partial charge < -0.3 is 5.11 Å². The lowest BCUT2D eigenvalue weighted by Gasteiger charge is -2.24. The smallest absolute Gasteiger partial charge is 0.412 e. The lowest BCUT2D eigenvalue weighted by Crippen LogP contribution is -2.35. The molecule has 0 fully saturated rings. The highest BCUT2D eigenvalue weighted by Crippen LogP contribution is 2.33. The fourth-order valence-electron chi connectivity index (χ4n) is 1.28. The molecule has 1 aromatic carbocycles. The van der Waals surface area contributed by atoms with E-state index in [1.807, 2.05) is 0 Å². The third kappa shape index (κ3) is 2.55. The number of rotatable bonds is 2. The molecule has 0 aromatic heterocycles. The zero-order chi connectivity index (χ0) is 11.6. The Kier molecular flexibility index (Phi) is 3.83. The van der Waals surface area contributed by atoms with E-state index in [1.165, 1.54) is 4.90 Å². The summed E-state index contributed by atoms with van der Waals surface area (Å²) in [7, 11) is 0. The van der Waals surface area contributed by atoms with E-state index in [9.17, 15) is 4.79 Å². The van der Waals surface area contributed by atoms with Crippen LogP contribution in [0.4, 0.5) is 10.5 Å². The van der Waals surface area contributed by atoms with Crippen molar-refractivity contribution in [3.8, 4) is 0 Å². The average Bonchev–Trinajstić information content (AvgIpc) is 2.11. The highest BCUT2D eigenvalue weighted by molar-refractivity contribution is 6.44. The Balaban J connectivity index is 3.23. The minimum atomic E-state index is -1.05. The molecule has 0 saturated heterocycles. The van der Waals surface area contributed by atoms with Gasteiger partial charge in [-0.05, 0) is 26.0 Å². The predicted molar refractivity (Wildman–Crippen MR) is 62.1 cm³/mol. The molecule has 1 amide bonds. The Morgan fingerprint density at radius 3 is 2.47 bits per heavy atom. The van der Waals surface area contributed by atoms with Crippen LogP contribution in [-0.4, -0.2) is 17.2 Å². The number of anilines is 1. The van der Waals surface area contributed by atoms with Crippen molar-refractivity contribution < 1.29 is 9.90 Å². The van der Waals surface area contributed by atoms with Crippen LogP contribution in [0.1, 0.15) is 13.8 Å². The number of amides is 1. The van der Waals surface area contributed by atoms with Gasteiger partial charge >= 0.3 is 6.09 Å². The minimum absolute atomic E-state index is 0.196. The maximum Gasteiger partial charge on any atom is 0.412 e. The van der Waals surface area contributed by atoms with E-state index < -0.39 is 6.09 Å². The van der Waals surface area contributed by atoms with Gasteiger partial charge in [0.2, 0.25) is 0 Å². The van der Waals surface area contributed by atoms with Gasteiger partial charge in [-0.1, -0.05) is 29.3 Å². The van der Waals surface area contributed by atoms with Crippen LogP contribution in [-0.2, 0) is 0 Å². The largest absolute Gasteiger partial charge is 0.465 e. The summed E-state index contributed by atoms with van der Waals surface area (Å²) in [4.78, 5) is 12.2. The van der Waals surface area contributed by atoms with Crippen LogP contribution in [0.3, 0.4) is 0 Å². The maximum absolute atomic E-state index is 11.0. The second-order valence-corrected chi connectivity index (χ2v) is 4.10. The molecule has 0 saturated carbocycles. The first-order valence-electron chi connectivity index (χ1n) is 4.41. The van der Waals surface area contributed by atoms with E-state index >= 15 is 0 Å². The Morgan fingerprint density at radius 1 is 1.40 bits per heavy atom. The number of hydrogen-bond acceptors (Lipinski definition) is 1. The number of halogens is 2. The van der Waals surface area contributed by atoms with Gasteiger partial charge in [-0.15, -0.1) is 0 Å². The van der Waals surface area contributed by atoms with Crippen LogP contribution in [0.5, 0.6) is 0 Å². The summed E-state index contributed by atoms with van der Waals surface area (Å²) in [5.41, 5.74) is 0.409. The van der Waals surface area contributed by atoms with Crippen LogP contribution in [0.25, 0.3) is 0 Å². The molecule has 3 nitrogen and oxygen atoms in total. The summed E-state index contributed by atoms with van der Waals surface area (Å²) in [6.07, 6.45) is -1.05. The van der Waals surface area contributed by atoms with Crippen LogP contribution in [0.15, 0.2) is 18.2 Å². The summed E-state index contributed by atoms with van der Waals surface area (Å²) < 4.78 is 0. The first-order chi connectivity index (χ1) is 6.95. The summed E-state index contributed by atoms with van der Waals surface area (Å²) in [5.74, 6) is 0. The molecule has 1 N–H and O–H groups in total. The standard InChI is InChI=1S/C10H11Cl2NO2/c1-6(2)13(10(14)15)8-5-3-4-7(11)9(8)12/h3-6H,1-2H3,(H,14,15). The molecule has 0 aliphatic carbocycles. The Bertz CT molecular complexity index is 380. The summed E-state index contributed by atoms with van der Waals surface area (Å²) in [6, 6.07) is 4.72. The van der Waals surface area contributed by atoms with Gasteiger partial charge in [0.05, 0.1) is 15.7 Å². The molecule has 5 heteroatoms. The van der Waals surface area contributed by atoms with Gasteiger partial charge in [0, 0.05) is 6.04 Å². The average molecular weight is 248 g/mol. The molecular formula is C10H11Cl2NO2. The molecule has 0 atom stereocenters. The molecule has 0 bridgehead atoms. The number of carbonyl (C=O) groups is 1. The SMILES string of the molecule is CC(C)N(C(=O)O)c1cccc(Cl)c1Cl. The van der Waals surface area contributed by atoms with Crippen molar-refractivity contribution in [3.05, 3.63) is 28.2 Å². The molecule has 0 heterocycles. The highest BCUT2D eigenvalue weighted by atomic mass is 35.5. The van der Waals surface area contributed by atoms with Crippen LogP contribution >= 0.6 is 23.2 Å². The number of benzene rings is 1. The fourth-order valence-corrected chi connectivity index (χ4v) is 1.67. The number of hydrogen-bond donors (Lipinski definition) is 1. The molecule has 0 spiro atoms. The van der Waals surface area contributed by atoms with E-state index in [1.54, 1.807) is 32.0 Å². The number of carboxylic acid groups (broad SMARTS) is 1. The maximum atomic E-state index is 11.0. The van der Waals surface area contributed by atoms with Crippen LogP contribution in [0.2, 0.25) is 10.0 Å². The second-order valence-electron chi connectivity index (χ2n) is 3.32. The minimum Gasteiger partial charge on any atom is -0.465 e. The predicted octanol–water partition coefficient (Wildman–Crippen LogP) is 3.89. The van der Waals surface area contributed by atoms with Gasteiger partial charge in [0.15, 0.2) is 0 Å². The molecule has 15 heavy (non-hydrogen) atoms. The normalized spacial score (nSPS) is 10.5. The Hall–Kier alpha value is -0.930. The van der Waals surface area contributed by atoms with E-state index in [0.29, 0.717) is 10.7 Å². The van der Waals surface area contributed by atoms with Gasteiger partial charge in [0.25, 0.3) is 0 Å². The molecule has 0 aliphatic heterocycles. The zero-order valence-electron chi connectivity index (χ0n) is 8.37. The van der Waals surface area contributed by atoms with Gasteiger partial charge in [-0.25, -0.2) is 4.79 Å². The van der Waals surface area contributed by atoms with Crippen molar-refractivity contribution in [1.82, 2.24) is 0 Å². The summed E-state index contributed by atoms with van der Waals surface area (Å²) in [6.45, 7) is 3.54. The monoisotopic (exact) mass is 247 g/mol. The third-order valence-electron chi connectivity index (χ3n) is 1.91. The molecule has 0 aliphatic rings. The van der Waals surface area contributed by atoms with E-state index in [4.69, 9.17) is 28.3 Å². The fraction of sp³-hybridized carbons (Fsp3) is 0.300. The molecule has 0 unspecified atom stereocenters. The zero-order valence-corrected chi connectivity index (χ0v) is 9.88. The van der Waals surface area contributed by atoms with Crippen LogP contribution in [0, 0.1) is 0 Å². The third-order valence-corrected chi connectivity index (χ3v) is 2.72. The van der Waals surface area contributed by atoms with Gasteiger partial charge in [-0.3, -0.25) is 4.90 Å². The van der Waals surface area contributed by atoms with Crippen molar-refractivity contribution in [2.24, 2.45) is 0 Å². The second kappa shape index (κ2) is 4.73. The quantitative estimate of drug-likeness (QED) is 0.862. The molecule has 1 aromatic rings. The van der Waals surface area contributed by atoms with Crippen molar-refractivity contribution in [3.63, 3.8) is 0 Å². The first-order valence-corrected chi connectivity index (χ1v) is 5.17. The lowest BCUT2D eigenvalue weighted by atomic mass is 10.2. The van der Waals surface area contributed by atoms with Crippen molar-refractivity contribution in [2.75, 3.05) is 4.90 Å². The van der Waals surface area contributed by atoms with E-state index in [2.05, 4.69) is 0 Å². The van der Waals surface area contributed by atoms with Gasteiger partial charge in [0.1, 0.15) is 0 Å². The van der Waals surface area contributed by atoms with Crippen molar-refractivity contribution in [1.29, 1.82) is 0 Å². The molecular weight excluding hydrogens is 237 g/mol. The Labute approximate surface area is 98.2 Å².